The Morgan fingerprint density at radius 1 is 0.760 bits per heavy atom. The Labute approximate surface area is 151 Å². The molecule has 25 heavy (non-hydrogen) atoms. The SMILES string of the molecule is CC(C)CN(C)C(=O)COCCOCCOCCOCC(=O)C(C)C. The molecule has 0 saturated carbocycles. The molecule has 7 heteroatoms. The quantitative estimate of drug-likeness (QED) is 0.387. The van der Waals surface area contributed by atoms with E-state index in [-0.39, 0.29) is 30.8 Å². The van der Waals surface area contributed by atoms with Gasteiger partial charge in [0.15, 0.2) is 5.78 Å². The van der Waals surface area contributed by atoms with Gasteiger partial charge in [0, 0.05) is 19.5 Å². The van der Waals surface area contributed by atoms with Crippen molar-refractivity contribution in [3.8, 4) is 0 Å². The highest BCUT2D eigenvalue weighted by Gasteiger charge is 2.09. The maximum absolute atomic E-state index is 11.7. The lowest BCUT2D eigenvalue weighted by atomic mass is 10.1. The summed E-state index contributed by atoms with van der Waals surface area (Å²) in [6.45, 7) is 11.3. The zero-order valence-electron chi connectivity index (χ0n) is 16.4. The Morgan fingerprint density at radius 2 is 1.20 bits per heavy atom. The molecule has 0 saturated heterocycles. The van der Waals surface area contributed by atoms with Crippen molar-refractivity contribution in [1.82, 2.24) is 4.90 Å². The van der Waals surface area contributed by atoms with E-state index in [0.717, 1.165) is 6.54 Å². The molecule has 0 atom stereocenters. The molecule has 0 N–H and O–H groups in total. The molecule has 148 valence electrons. The molecule has 0 bridgehead atoms. The largest absolute Gasteiger partial charge is 0.377 e. The Hall–Kier alpha value is -1.02. The summed E-state index contributed by atoms with van der Waals surface area (Å²) in [4.78, 5) is 24.7. The molecule has 0 fully saturated rings. The molecule has 0 aliphatic rings. The molecule has 0 rings (SSSR count). The normalized spacial score (nSPS) is 11.3. The Balaban J connectivity index is 3.31. The smallest absolute Gasteiger partial charge is 0.248 e. The fraction of sp³-hybridized carbons (Fsp3) is 0.889. The zero-order chi connectivity index (χ0) is 19.1. The van der Waals surface area contributed by atoms with Gasteiger partial charge in [-0.3, -0.25) is 9.59 Å². The average Bonchev–Trinajstić information content (AvgIpc) is 2.54. The molecular formula is C18H35NO6. The topological polar surface area (TPSA) is 74.3 Å². The summed E-state index contributed by atoms with van der Waals surface area (Å²) in [5.74, 6) is 0.519. The lowest BCUT2D eigenvalue weighted by molar-refractivity contribution is -0.136. The third-order valence-corrected chi connectivity index (χ3v) is 3.29. The van der Waals surface area contributed by atoms with E-state index in [2.05, 4.69) is 13.8 Å². The summed E-state index contributed by atoms with van der Waals surface area (Å²) < 4.78 is 21.2. The van der Waals surface area contributed by atoms with Crippen molar-refractivity contribution in [2.24, 2.45) is 11.8 Å². The molecule has 0 heterocycles. The van der Waals surface area contributed by atoms with E-state index < -0.39 is 0 Å². The van der Waals surface area contributed by atoms with Gasteiger partial charge in [0.05, 0.1) is 39.6 Å². The summed E-state index contributed by atoms with van der Waals surface area (Å²) in [7, 11) is 1.78. The van der Waals surface area contributed by atoms with Gasteiger partial charge in [-0.2, -0.15) is 0 Å². The number of nitrogens with zero attached hydrogens (tertiary/aromatic N) is 1. The van der Waals surface area contributed by atoms with Crippen molar-refractivity contribution in [3.63, 3.8) is 0 Å². The van der Waals surface area contributed by atoms with Crippen LogP contribution in [0.15, 0.2) is 0 Å². The van der Waals surface area contributed by atoms with Gasteiger partial charge in [-0.15, -0.1) is 0 Å². The molecule has 1 amide bonds. The van der Waals surface area contributed by atoms with Gasteiger partial charge >= 0.3 is 0 Å². The van der Waals surface area contributed by atoms with Gasteiger partial charge in [0.25, 0.3) is 0 Å². The van der Waals surface area contributed by atoms with Crippen molar-refractivity contribution >= 4 is 11.7 Å². The fourth-order valence-corrected chi connectivity index (χ4v) is 1.82. The van der Waals surface area contributed by atoms with E-state index in [9.17, 15) is 9.59 Å². The van der Waals surface area contributed by atoms with Crippen LogP contribution in [0.3, 0.4) is 0 Å². The van der Waals surface area contributed by atoms with Crippen LogP contribution in [-0.4, -0.2) is 83.0 Å². The minimum absolute atomic E-state index is 0.00226. The molecular weight excluding hydrogens is 326 g/mol. The van der Waals surface area contributed by atoms with Crippen molar-refractivity contribution in [1.29, 1.82) is 0 Å². The van der Waals surface area contributed by atoms with Gasteiger partial charge < -0.3 is 23.8 Å². The van der Waals surface area contributed by atoms with Crippen molar-refractivity contribution < 1.29 is 28.5 Å². The lowest BCUT2D eigenvalue weighted by Crippen LogP contribution is -2.33. The van der Waals surface area contributed by atoms with Crippen LogP contribution in [-0.2, 0) is 28.5 Å². The molecule has 0 unspecified atom stereocenters. The van der Waals surface area contributed by atoms with Crippen LogP contribution in [0.25, 0.3) is 0 Å². The van der Waals surface area contributed by atoms with E-state index in [0.29, 0.717) is 45.6 Å². The summed E-state index contributed by atoms with van der Waals surface area (Å²) in [5.41, 5.74) is 0. The first-order valence-corrected chi connectivity index (χ1v) is 8.92. The van der Waals surface area contributed by atoms with E-state index in [4.69, 9.17) is 18.9 Å². The third kappa shape index (κ3) is 15.0. The highest BCUT2D eigenvalue weighted by Crippen LogP contribution is 1.96. The van der Waals surface area contributed by atoms with Gasteiger partial charge in [0.1, 0.15) is 13.2 Å². The third-order valence-electron chi connectivity index (χ3n) is 3.29. The van der Waals surface area contributed by atoms with Crippen LogP contribution in [0.2, 0.25) is 0 Å². The van der Waals surface area contributed by atoms with E-state index in [1.165, 1.54) is 0 Å². The summed E-state index contributed by atoms with van der Waals surface area (Å²) >= 11 is 0. The van der Waals surface area contributed by atoms with Crippen molar-refractivity contribution in [2.75, 3.05) is 66.4 Å². The number of ether oxygens (including phenoxy) is 4. The van der Waals surface area contributed by atoms with Crippen molar-refractivity contribution in [2.45, 2.75) is 27.7 Å². The monoisotopic (exact) mass is 361 g/mol. The molecule has 0 spiro atoms. The number of amides is 1. The van der Waals surface area contributed by atoms with Gasteiger partial charge in [-0.25, -0.2) is 0 Å². The van der Waals surface area contributed by atoms with Crippen LogP contribution in [0.5, 0.6) is 0 Å². The second-order valence-corrected chi connectivity index (χ2v) is 6.62. The molecule has 0 aliphatic carbocycles. The number of hydrogen-bond donors (Lipinski definition) is 0. The standard InChI is InChI=1S/C18H35NO6/c1-15(2)12-19(5)18(21)14-25-11-9-23-7-6-22-8-10-24-13-17(20)16(3)4/h15-16H,6-14H2,1-5H3. The second-order valence-electron chi connectivity index (χ2n) is 6.62. The maximum Gasteiger partial charge on any atom is 0.248 e. The predicted molar refractivity (Wildman–Crippen MR) is 95.6 cm³/mol. The summed E-state index contributed by atoms with van der Waals surface area (Å²) in [6, 6.07) is 0. The van der Waals surface area contributed by atoms with Crippen LogP contribution < -0.4 is 0 Å². The summed E-state index contributed by atoms with van der Waals surface area (Å²) in [5, 5.41) is 0. The number of rotatable bonds is 16. The average molecular weight is 361 g/mol. The molecule has 0 aliphatic heterocycles. The van der Waals surface area contributed by atoms with Crippen LogP contribution in [0.1, 0.15) is 27.7 Å². The number of hydrogen-bond acceptors (Lipinski definition) is 6. The number of likely N-dealkylation sites (N-methyl/N-ethyl adjacent to an activating group) is 1. The van der Waals surface area contributed by atoms with Crippen LogP contribution >= 0.6 is 0 Å². The second kappa shape index (κ2) is 15.3. The molecule has 0 aromatic rings. The summed E-state index contributed by atoms with van der Waals surface area (Å²) in [6.07, 6.45) is 0. The first-order valence-electron chi connectivity index (χ1n) is 8.92. The van der Waals surface area contributed by atoms with Crippen LogP contribution in [0, 0.1) is 11.8 Å². The first kappa shape index (κ1) is 24.0. The zero-order valence-corrected chi connectivity index (χ0v) is 16.4. The van der Waals surface area contributed by atoms with E-state index >= 15 is 0 Å². The highest BCUT2D eigenvalue weighted by molar-refractivity contribution is 5.81. The van der Waals surface area contributed by atoms with Crippen LogP contribution in [0.4, 0.5) is 0 Å². The van der Waals surface area contributed by atoms with Gasteiger partial charge in [-0.05, 0) is 5.92 Å². The number of Topliss-reactive ketones (excluding diaryl/α,β-unsaturated/α-hetero) is 1. The van der Waals surface area contributed by atoms with Crippen molar-refractivity contribution in [3.05, 3.63) is 0 Å². The van der Waals surface area contributed by atoms with E-state index in [1.54, 1.807) is 11.9 Å². The maximum atomic E-state index is 11.7. The Kier molecular flexibility index (Phi) is 14.6. The number of carbonyl (C=O) groups is 2. The molecule has 0 radical (unpaired) electrons. The van der Waals surface area contributed by atoms with Gasteiger partial charge in [0.2, 0.25) is 5.91 Å². The van der Waals surface area contributed by atoms with Gasteiger partial charge in [-0.1, -0.05) is 27.7 Å². The number of carbonyl (C=O) groups excluding carboxylic acids is 2. The highest BCUT2D eigenvalue weighted by atomic mass is 16.6. The Morgan fingerprint density at radius 3 is 1.64 bits per heavy atom. The molecule has 0 aromatic carbocycles. The fourth-order valence-electron chi connectivity index (χ4n) is 1.82. The number of ketones is 1. The molecule has 7 nitrogen and oxygen atoms in total. The van der Waals surface area contributed by atoms with E-state index in [1.807, 2.05) is 13.8 Å². The first-order chi connectivity index (χ1) is 11.8. The lowest BCUT2D eigenvalue weighted by Gasteiger charge is -2.19. The Bertz CT molecular complexity index is 359. The minimum Gasteiger partial charge on any atom is -0.377 e. The minimum atomic E-state index is -0.0204. The predicted octanol–water partition coefficient (Wildman–Crippen LogP) is 1.39. The molecule has 0 aromatic heterocycles.